The smallest absolute Gasteiger partial charge is 0.224 e. The maximum absolute atomic E-state index is 5.54. The second-order valence-corrected chi connectivity index (χ2v) is 2.68. The van der Waals surface area contributed by atoms with Gasteiger partial charge in [0.1, 0.15) is 5.82 Å². The quantitative estimate of drug-likeness (QED) is 0.660. The predicted octanol–water partition coefficient (Wildman–Crippen LogP) is 0.426. The average molecular weight is 182 g/mol. The lowest BCUT2D eigenvalue weighted by atomic mass is 10.4. The maximum atomic E-state index is 5.54. The fraction of sp³-hybridized carbons (Fsp3) is 0.500. The van der Waals surface area contributed by atoms with Gasteiger partial charge in [-0.15, -0.1) is 0 Å². The van der Waals surface area contributed by atoms with Gasteiger partial charge in [-0.1, -0.05) is 0 Å². The molecule has 0 spiro atoms. The van der Waals surface area contributed by atoms with Crippen LogP contribution in [0, 0.1) is 6.92 Å². The molecule has 1 aromatic rings. The summed E-state index contributed by atoms with van der Waals surface area (Å²) in [5.41, 5.74) is 6.40. The van der Waals surface area contributed by atoms with E-state index in [1.54, 1.807) is 13.2 Å². The van der Waals surface area contributed by atoms with E-state index >= 15 is 0 Å². The number of methoxy groups -OCH3 is 1. The molecule has 0 unspecified atom stereocenters. The van der Waals surface area contributed by atoms with Crippen molar-refractivity contribution in [3.63, 3.8) is 0 Å². The summed E-state index contributed by atoms with van der Waals surface area (Å²) in [5, 5.41) is 3.00. The van der Waals surface area contributed by atoms with E-state index in [4.69, 9.17) is 10.5 Å². The molecule has 0 aromatic carbocycles. The Balaban J connectivity index is 2.56. The Morgan fingerprint density at radius 2 is 2.31 bits per heavy atom. The Hall–Kier alpha value is -1.36. The first-order chi connectivity index (χ1) is 6.22. The van der Waals surface area contributed by atoms with Crippen LogP contribution < -0.4 is 11.1 Å². The number of anilines is 2. The molecule has 0 amide bonds. The monoisotopic (exact) mass is 182 g/mol. The van der Waals surface area contributed by atoms with E-state index in [1.165, 1.54) is 0 Å². The molecule has 1 rings (SSSR count). The van der Waals surface area contributed by atoms with Gasteiger partial charge in [-0.25, -0.2) is 4.98 Å². The Morgan fingerprint density at radius 1 is 1.54 bits per heavy atom. The van der Waals surface area contributed by atoms with E-state index in [2.05, 4.69) is 15.3 Å². The summed E-state index contributed by atoms with van der Waals surface area (Å²) >= 11 is 0. The van der Waals surface area contributed by atoms with E-state index < -0.39 is 0 Å². The van der Waals surface area contributed by atoms with Crippen LogP contribution >= 0.6 is 0 Å². The number of nitrogens with two attached hydrogens (primary N) is 1. The van der Waals surface area contributed by atoms with Crippen molar-refractivity contribution in [1.82, 2.24) is 9.97 Å². The summed E-state index contributed by atoms with van der Waals surface area (Å²) in [6.45, 7) is 3.18. The number of nitrogens with one attached hydrogen (secondary N) is 1. The van der Waals surface area contributed by atoms with Gasteiger partial charge in [0, 0.05) is 25.4 Å². The van der Waals surface area contributed by atoms with Crippen LogP contribution in [0.3, 0.4) is 0 Å². The standard InChI is InChI=1S/C8H14N4O/c1-6-5-7(9)12-8(11-6)10-3-4-13-2/h5H,3-4H2,1-2H3,(H3,9,10,11,12). The molecule has 0 saturated carbocycles. The highest BCUT2D eigenvalue weighted by atomic mass is 16.5. The highest BCUT2D eigenvalue weighted by molar-refractivity contribution is 5.37. The molecule has 5 heteroatoms. The summed E-state index contributed by atoms with van der Waals surface area (Å²) < 4.78 is 4.87. The van der Waals surface area contributed by atoms with Gasteiger partial charge in [-0.2, -0.15) is 4.98 Å². The number of aromatic nitrogens is 2. The van der Waals surface area contributed by atoms with Crippen molar-refractivity contribution in [2.24, 2.45) is 0 Å². The topological polar surface area (TPSA) is 73.1 Å². The minimum atomic E-state index is 0.479. The van der Waals surface area contributed by atoms with Crippen LogP contribution in [0.4, 0.5) is 11.8 Å². The van der Waals surface area contributed by atoms with Crippen LogP contribution in [0.25, 0.3) is 0 Å². The molecule has 5 nitrogen and oxygen atoms in total. The lowest BCUT2D eigenvalue weighted by Gasteiger charge is -2.04. The van der Waals surface area contributed by atoms with Crippen LogP contribution in [0.1, 0.15) is 5.69 Å². The Labute approximate surface area is 77.3 Å². The number of hydrogen-bond donors (Lipinski definition) is 2. The second kappa shape index (κ2) is 4.61. The molecular formula is C8H14N4O. The molecule has 0 aliphatic carbocycles. The summed E-state index contributed by atoms with van der Waals surface area (Å²) in [6, 6.07) is 1.72. The molecule has 0 aliphatic heterocycles. The third kappa shape index (κ3) is 3.25. The zero-order chi connectivity index (χ0) is 9.68. The highest BCUT2D eigenvalue weighted by Gasteiger charge is 1.97. The van der Waals surface area contributed by atoms with E-state index in [0.29, 0.717) is 24.9 Å². The van der Waals surface area contributed by atoms with Crippen molar-refractivity contribution < 1.29 is 4.74 Å². The predicted molar refractivity (Wildman–Crippen MR) is 51.5 cm³/mol. The molecule has 1 heterocycles. The molecule has 1 aromatic heterocycles. The zero-order valence-corrected chi connectivity index (χ0v) is 7.87. The summed E-state index contributed by atoms with van der Waals surface area (Å²) in [5.74, 6) is 1.03. The van der Waals surface area contributed by atoms with Crippen molar-refractivity contribution in [1.29, 1.82) is 0 Å². The number of nitrogens with zero attached hydrogens (tertiary/aromatic N) is 2. The number of ether oxygens (including phenoxy) is 1. The highest BCUT2D eigenvalue weighted by Crippen LogP contribution is 2.04. The molecule has 0 saturated heterocycles. The largest absolute Gasteiger partial charge is 0.384 e. The maximum Gasteiger partial charge on any atom is 0.224 e. The fourth-order valence-electron chi connectivity index (χ4n) is 0.937. The molecule has 0 aliphatic rings. The van der Waals surface area contributed by atoms with Gasteiger partial charge in [0.25, 0.3) is 0 Å². The van der Waals surface area contributed by atoms with Crippen LogP contribution in [0.5, 0.6) is 0 Å². The summed E-state index contributed by atoms with van der Waals surface area (Å²) in [7, 11) is 1.65. The van der Waals surface area contributed by atoms with Gasteiger partial charge in [-0.05, 0) is 6.92 Å². The molecule has 3 N–H and O–H groups in total. The molecular weight excluding hydrogens is 168 g/mol. The lowest BCUT2D eigenvalue weighted by molar-refractivity contribution is 0.210. The van der Waals surface area contributed by atoms with Gasteiger partial charge < -0.3 is 15.8 Å². The van der Waals surface area contributed by atoms with Crippen LogP contribution in [-0.4, -0.2) is 30.2 Å². The zero-order valence-electron chi connectivity index (χ0n) is 7.87. The van der Waals surface area contributed by atoms with Gasteiger partial charge >= 0.3 is 0 Å². The van der Waals surface area contributed by atoms with Crippen LogP contribution in [-0.2, 0) is 4.74 Å². The molecule has 0 bridgehead atoms. The normalized spacial score (nSPS) is 10.0. The van der Waals surface area contributed by atoms with Gasteiger partial charge in [-0.3, -0.25) is 0 Å². The molecule has 0 fully saturated rings. The Bertz CT molecular complexity index is 257. The number of nitrogen functional groups attached to an aromatic ring is 1. The lowest BCUT2D eigenvalue weighted by Crippen LogP contribution is -2.11. The van der Waals surface area contributed by atoms with Crippen molar-refractivity contribution in [3.05, 3.63) is 11.8 Å². The minimum Gasteiger partial charge on any atom is -0.384 e. The fourth-order valence-corrected chi connectivity index (χ4v) is 0.937. The van der Waals surface area contributed by atoms with Gasteiger partial charge in [0.2, 0.25) is 5.95 Å². The van der Waals surface area contributed by atoms with Crippen molar-refractivity contribution >= 4 is 11.8 Å². The first-order valence-electron chi connectivity index (χ1n) is 4.06. The van der Waals surface area contributed by atoms with Crippen molar-refractivity contribution in [2.45, 2.75) is 6.92 Å². The number of rotatable bonds is 4. The third-order valence-corrected chi connectivity index (χ3v) is 1.46. The molecule has 13 heavy (non-hydrogen) atoms. The SMILES string of the molecule is COCCNc1nc(C)cc(N)n1. The number of aryl methyl sites for hydroxylation is 1. The summed E-state index contributed by atoms with van der Waals surface area (Å²) in [4.78, 5) is 8.15. The average Bonchev–Trinajstić information content (AvgIpc) is 2.03. The van der Waals surface area contributed by atoms with E-state index in [1.807, 2.05) is 6.92 Å². The van der Waals surface area contributed by atoms with Crippen LogP contribution in [0.15, 0.2) is 6.07 Å². The van der Waals surface area contributed by atoms with Crippen molar-refractivity contribution in [3.8, 4) is 0 Å². The summed E-state index contributed by atoms with van der Waals surface area (Å²) in [6.07, 6.45) is 0. The molecule has 0 radical (unpaired) electrons. The Kier molecular flexibility index (Phi) is 3.45. The van der Waals surface area contributed by atoms with Crippen LogP contribution in [0.2, 0.25) is 0 Å². The first kappa shape index (κ1) is 9.73. The second-order valence-electron chi connectivity index (χ2n) is 2.68. The van der Waals surface area contributed by atoms with E-state index in [0.717, 1.165) is 5.69 Å². The third-order valence-electron chi connectivity index (χ3n) is 1.46. The van der Waals surface area contributed by atoms with Crippen molar-refractivity contribution in [2.75, 3.05) is 31.3 Å². The van der Waals surface area contributed by atoms with Gasteiger partial charge in [0.05, 0.1) is 6.61 Å². The van der Waals surface area contributed by atoms with E-state index in [-0.39, 0.29) is 0 Å². The Morgan fingerprint density at radius 3 is 2.92 bits per heavy atom. The minimum absolute atomic E-state index is 0.479. The first-order valence-corrected chi connectivity index (χ1v) is 4.06. The van der Waals surface area contributed by atoms with E-state index in [9.17, 15) is 0 Å². The number of hydrogen-bond acceptors (Lipinski definition) is 5. The van der Waals surface area contributed by atoms with Gasteiger partial charge in [0.15, 0.2) is 0 Å². The molecule has 72 valence electrons. The molecule has 0 atom stereocenters.